The lowest BCUT2D eigenvalue weighted by Crippen LogP contribution is -1.82. The highest BCUT2D eigenvalue weighted by atomic mass is 35.5. The van der Waals surface area contributed by atoms with Crippen LogP contribution >= 0.6 is 23.2 Å². The molecule has 0 saturated heterocycles. The van der Waals surface area contributed by atoms with Crippen LogP contribution in [0.25, 0.3) is 11.1 Å². The summed E-state index contributed by atoms with van der Waals surface area (Å²) in [5, 5.41) is 1.17. The first-order valence-corrected chi connectivity index (χ1v) is 10.2. The molecule has 0 aliphatic rings. The Bertz CT molecular complexity index is 1100. The van der Waals surface area contributed by atoms with Crippen molar-refractivity contribution in [3.05, 3.63) is 118 Å². The molecule has 0 atom stereocenters. The Morgan fingerprint density at radius 2 is 0.900 bits per heavy atom. The number of rotatable bonds is 5. The van der Waals surface area contributed by atoms with Gasteiger partial charge in [0, 0.05) is 12.4 Å². The van der Waals surface area contributed by atoms with Crippen LogP contribution in [0.1, 0.15) is 11.1 Å². The van der Waals surface area contributed by atoms with Crippen LogP contribution in [0.2, 0.25) is 10.0 Å². The number of halogens is 2. The van der Waals surface area contributed by atoms with Gasteiger partial charge < -0.3 is 0 Å². The van der Waals surface area contributed by atoms with Crippen LogP contribution in [0.5, 0.6) is 0 Å². The molecule has 146 valence electrons. The summed E-state index contributed by atoms with van der Waals surface area (Å²) < 4.78 is 0. The molecule has 0 amide bonds. The summed E-state index contributed by atoms with van der Waals surface area (Å²) in [7, 11) is 0. The van der Waals surface area contributed by atoms with Crippen LogP contribution < -0.4 is 0 Å². The normalized spacial score (nSPS) is 11.4. The first kappa shape index (κ1) is 20.1. The minimum Gasteiger partial charge on any atom is -0.255 e. The standard InChI is InChI=1S/C26H18Cl2N2/c27-23-15-21(11-13-25(23)29-17-19-7-3-1-4-8-19)22-12-14-26(24(28)16-22)30-18-20-9-5-2-6-10-20/h1-18H. The molecule has 0 aliphatic heterocycles. The van der Waals surface area contributed by atoms with E-state index in [-0.39, 0.29) is 0 Å². The Labute approximate surface area is 186 Å². The predicted octanol–water partition coefficient (Wildman–Crippen LogP) is 8.16. The van der Waals surface area contributed by atoms with E-state index in [9.17, 15) is 0 Å². The highest BCUT2D eigenvalue weighted by Gasteiger charge is 2.06. The van der Waals surface area contributed by atoms with E-state index in [1.165, 1.54) is 0 Å². The minimum absolute atomic E-state index is 0.585. The molecule has 4 heteroatoms. The molecule has 30 heavy (non-hydrogen) atoms. The molecular weight excluding hydrogens is 411 g/mol. The zero-order valence-corrected chi connectivity index (χ0v) is 17.6. The van der Waals surface area contributed by atoms with Crippen molar-refractivity contribution < 1.29 is 0 Å². The van der Waals surface area contributed by atoms with E-state index in [1.54, 1.807) is 12.4 Å². The summed E-state index contributed by atoms with van der Waals surface area (Å²) in [6, 6.07) is 31.4. The first-order valence-electron chi connectivity index (χ1n) is 9.47. The van der Waals surface area contributed by atoms with Gasteiger partial charge in [-0.25, -0.2) is 0 Å². The topological polar surface area (TPSA) is 24.7 Å². The van der Waals surface area contributed by atoms with Crippen LogP contribution in [-0.2, 0) is 0 Å². The van der Waals surface area contributed by atoms with Gasteiger partial charge in [-0.2, -0.15) is 0 Å². The molecule has 0 saturated carbocycles. The van der Waals surface area contributed by atoms with Gasteiger partial charge in [0.1, 0.15) is 0 Å². The van der Waals surface area contributed by atoms with Crippen molar-refractivity contribution in [2.24, 2.45) is 9.98 Å². The second-order valence-electron chi connectivity index (χ2n) is 6.67. The summed E-state index contributed by atoms with van der Waals surface area (Å²) in [6.07, 6.45) is 3.61. The smallest absolute Gasteiger partial charge is 0.0816 e. The summed E-state index contributed by atoms with van der Waals surface area (Å²) in [4.78, 5) is 8.99. The van der Waals surface area contributed by atoms with Crippen molar-refractivity contribution >= 4 is 47.0 Å². The maximum absolute atomic E-state index is 6.46. The molecule has 0 unspecified atom stereocenters. The summed E-state index contributed by atoms with van der Waals surface area (Å²) >= 11 is 12.9. The quantitative estimate of drug-likeness (QED) is 0.286. The third-order valence-electron chi connectivity index (χ3n) is 4.53. The van der Waals surface area contributed by atoms with Crippen molar-refractivity contribution in [1.82, 2.24) is 0 Å². The predicted molar refractivity (Wildman–Crippen MR) is 129 cm³/mol. The van der Waals surface area contributed by atoms with Crippen molar-refractivity contribution in [3.63, 3.8) is 0 Å². The number of aliphatic imine (C=N–C) groups is 2. The van der Waals surface area contributed by atoms with E-state index in [0.29, 0.717) is 10.0 Å². The fraction of sp³-hybridized carbons (Fsp3) is 0. The van der Waals surface area contributed by atoms with Gasteiger partial charge in [0.25, 0.3) is 0 Å². The maximum Gasteiger partial charge on any atom is 0.0816 e. The van der Waals surface area contributed by atoms with Gasteiger partial charge in [0.05, 0.1) is 21.4 Å². The van der Waals surface area contributed by atoms with Crippen LogP contribution in [0.15, 0.2) is 107 Å². The van der Waals surface area contributed by atoms with Gasteiger partial charge in [-0.05, 0) is 46.5 Å². The van der Waals surface area contributed by atoms with E-state index in [4.69, 9.17) is 23.2 Å². The molecule has 0 aromatic heterocycles. The van der Waals surface area contributed by atoms with Crippen molar-refractivity contribution in [3.8, 4) is 11.1 Å². The van der Waals surface area contributed by atoms with Crippen LogP contribution in [-0.4, -0.2) is 12.4 Å². The molecule has 0 aliphatic carbocycles. The van der Waals surface area contributed by atoms with Gasteiger partial charge in [0.15, 0.2) is 0 Å². The Kier molecular flexibility index (Phi) is 6.38. The Morgan fingerprint density at radius 3 is 1.27 bits per heavy atom. The van der Waals surface area contributed by atoms with Gasteiger partial charge >= 0.3 is 0 Å². The van der Waals surface area contributed by atoms with E-state index in [1.807, 2.05) is 97.1 Å². The second-order valence-corrected chi connectivity index (χ2v) is 7.48. The molecule has 0 fully saturated rings. The Hall–Kier alpha value is -3.20. The molecule has 0 heterocycles. The zero-order valence-electron chi connectivity index (χ0n) is 16.0. The maximum atomic E-state index is 6.46. The number of hydrogen-bond acceptors (Lipinski definition) is 2. The lowest BCUT2D eigenvalue weighted by atomic mass is 10.0. The lowest BCUT2D eigenvalue weighted by Gasteiger charge is -2.07. The van der Waals surface area contributed by atoms with Gasteiger partial charge in [-0.3, -0.25) is 9.98 Å². The van der Waals surface area contributed by atoms with Crippen LogP contribution in [0.4, 0.5) is 11.4 Å². The van der Waals surface area contributed by atoms with Gasteiger partial charge in [-0.15, -0.1) is 0 Å². The van der Waals surface area contributed by atoms with E-state index < -0.39 is 0 Å². The molecule has 0 spiro atoms. The average Bonchev–Trinajstić information content (AvgIpc) is 2.79. The molecular formula is C26H18Cl2N2. The van der Waals surface area contributed by atoms with Gasteiger partial charge in [0.2, 0.25) is 0 Å². The molecule has 0 bridgehead atoms. The summed E-state index contributed by atoms with van der Waals surface area (Å²) in [5.41, 5.74) is 5.43. The molecule has 0 radical (unpaired) electrons. The molecule has 4 aromatic carbocycles. The van der Waals surface area contributed by atoms with Crippen molar-refractivity contribution in [1.29, 1.82) is 0 Å². The molecule has 2 nitrogen and oxygen atoms in total. The minimum atomic E-state index is 0.585. The first-order chi connectivity index (χ1) is 14.7. The average molecular weight is 429 g/mol. The SMILES string of the molecule is Clc1cc(-c2ccc(N=Cc3ccccc3)c(Cl)c2)ccc1N=Cc1ccccc1. The summed E-state index contributed by atoms with van der Waals surface area (Å²) in [6.45, 7) is 0. The highest BCUT2D eigenvalue weighted by molar-refractivity contribution is 6.34. The van der Waals surface area contributed by atoms with Gasteiger partial charge in [-0.1, -0.05) is 96.0 Å². The fourth-order valence-corrected chi connectivity index (χ4v) is 3.41. The number of benzene rings is 4. The van der Waals surface area contributed by atoms with E-state index >= 15 is 0 Å². The van der Waals surface area contributed by atoms with E-state index in [0.717, 1.165) is 33.6 Å². The molecule has 0 N–H and O–H groups in total. The zero-order chi connectivity index (χ0) is 20.8. The van der Waals surface area contributed by atoms with Crippen molar-refractivity contribution in [2.75, 3.05) is 0 Å². The summed E-state index contributed by atoms with van der Waals surface area (Å²) in [5.74, 6) is 0. The Balaban J connectivity index is 1.54. The Morgan fingerprint density at radius 1 is 0.500 bits per heavy atom. The second kappa shape index (κ2) is 9.53. The molecule has 4 rings (SSSR count). The van der Waals surface area contributed by atoms with Crippen LogP contribution in [0, 0.1) is 0 Å². The number of hydrogen-bond donors (Lipinski definition) is 0. The largest absolute Gasteiger partial charge is 0.255 e. The molecule has 4 aromatic rings. The monoisotopic (exact) mass is 428 g/mol. The highest BCUT2D eigenvalue weighted by Crippen LogP contribution is 2.34. The number of nitrogens with zero attached hydrogens (tertiary/aromatic N) is 2. The van der Waals surface area contributed by atoms with Crippen LogP contribution in [0.3, 0.4) is 0 Å². The fourth-order valence-electron chi connectivity index (χ4n) is 2.95. The third kappa shape index (κ3) is 5.04. The van der Waals surface area contributed by atoms with Crippen molar-refractivity contribution in [2.45, 2.75) is 0 Å². The van der Waals surface area contributed by atoms with E-state index in [2.05, 4.69) is 9.98 Å². The third-order valence-corrected chi connectivity index (χ3v) is 5.14. The lowest BCUT2D eigenvalue weighted by molar-refractivity contribution is 1.50.